The second-order valence-corrected chi connectivity index (χ2v) is 8.03. The lowest BCUT2D eigenvalue weighted by molar-refractivity contribution is 0.279. The second-order valence-electron chi connectivity index (χ2n) is 6.95. The Bertz CT molecular complexity index is 749. The van der Waals surface area contributed by atoms with E-state index in [-0.39, 0.29) is 0 Å². The lowest BCUT2D eigenvalue weighted by atomic mass is 10.2. The zero-order chi connectivity index (χ0) is 18.5. The molecule has 7 heteroatoms. The highest BCUT2D eigenvalue weighted by molar-refractivity contribution is 14.1. The Hall–Kier alpha value is -1.48. The van der Waals surface area contributed by atoms with Crippen molar-refractivity contribution in [2.24, 2.45) is 0 Å². The van der Waals surface area contributed by atoms with Crippen LogP contribution < -0.4 is 10.1 Å². The summed E-state index contributed by atoms with van der Waals surface area (Å²) in [6, 6.07) is 2.00. The smallest absolute Gasteiger partial charge is 0.143 e. The van der Waals surface area contributed by atoms with Crippen LogP contribution in [-0.4, -0.2) is 47.1 Å². The number of nitrogens with one attached hydrogen (secondary N) is 1. The molecular weight excluding hydrogens is 441 g/mol. The molecule has 1 aliphatic rings. The molecule has 0 bridgehead atoms. The number of pyridine rings is 1. The van der Waals surface area contributed by atoms with E-state index in [0.29, 0.717) is 19.1 Å². The van der Waals surface area contributed by atoms with Gasteiger partial charge in [0.2, 0.25) is 0 Å². The van der Waals surface area contributed by atoms with Crippen molar-refractivity contribution in [3.8, 4) is 5.75 Å². The Morgan fingerprint density at radius 2 is 2.12 bits per heavy atom. The van der Waals surface area contributed by atoms with Crippen molar-refractivity contribution in [3.05, 3.63) is 39.1 Å². The fraction of sp³-hybridized carbons (Fsp3) is 0.526. The van der Waals surface area contributed by atoms with Crippen molar-refractivity contribution in [2.45, 2.75) is 38.6 Å². The van der Waals surface area contributed by atoms with Crippen LogP contribution in [0.1, 0.15) is 42.3 Å². The first kappa shape index (κ1) is 19.3. The van der Waals surface area contributed by atoms with Crippen molar-refractivity contribution in [1.29, 1.82) is 0 Å². The first-order valence-electron chi connectivity index (χ1n) is 9.03. The zero-order valence-corrected chi connectivity index (χ0v) is 17.8. The van der Waals surface area contributed by atoms with Gasteiger partial charge in [-0.15, -0.1) is 0 Å². The van der Waals surface area contributed by atoms with Crippen molar-refractivity contribution in [2.75, 3.05) is 32.6 Å². The molecule has 3 rings (SSSR count). The Labute approximate surface area is 168 Å². The van der Waals surface area contributed by atoms with E-state index in [4.69, 9.17) is 9.72 Å². The molecule has 0 aromatic carbocycles. The normalized spacial score (nSPS) is 13.9. The second kappa shape index (κ2) is 8.94. The van der Waals surface area contributed by atoms with E-state index in [1.807, 2.05) is 13.0 Å². The van der Waals surface area contributed by atoms with E-state index >= 15 is 0 Å². The molecule has 1 saturated carbocycles. The number of hydrogen-bond donors (Lipinski definition) is 1. The molecule has 0 atom stereocenters. The van der Waals surface area contributed by atoms with E-state index in [1.54, 1.807) is 12.4 Å². The highest BCUT2D eigenvalue weighted by atomic mass is 127. The summed E-state index contributed by atoms with van der Waals surface area (Å²) in [7, 11) is 4.14. The van der Waals surface area contributed by atoms with Gasteiger partial charge in [0.05, 0.1) is 22.1 Å². The van der Waals surface area contributed by atoms with Gasteiger partial charge in [0, 0.05) is 30.8 Å². The highest BCUT2D eigenvalue weighted by Gasteiger charge is 2.27. The van der Waals surface area contributed by atoms with Crippen LogP contribution in [0.2, 0.25) is 0 Å². The maximum absolute atomic E-state index is 5.94. The molecule has 2 aromatic rings. The predicted molar refractivity (Wildman–Crippen MR) is 112 cm³/mol. The molecule has 0 unspecified atom stereocenters. The summed E-state index contributed by atoms with van der Waals surface area (Å²) in [6.07, 6.45) is 6.99. The summed E-state index contributed by atoms with van der Waals surface area (Å²) < 4.78 is 7.02. The maximum Gasteiger partial charge on any atom is 0.143 e. The fourth-order valence-electron chi connectivity index (χ4n) is 2.65. The Balaban J connectivity index is 1.64. The molecule has 1 N–H and O–H groups in total. The molecule has 1 aliphatic carbocycles. The summed E-state index contributed by atoms with van der Waals surface area (Å²) in [5, 5.41) is 3.47. The maximum atomic E-state index is 5.94. The molecule has 6 nitrogen and oxygen atoms in total. The van der Waals surface area contributed by atoms with Crippen molar-refractivity contribution >= 4 is 28.4 Å². The molecule has 0 saturated heterocycles. The van der Waals surface area contributed by atoms with E-state index < -0.39 is 0 Å². The molecule has 0 radical (unpaired) electrons. The van der Waals surface area contributed by atoms with Crippen LogP contribution in [0.25, 0.3) is 0 Å². The minimum atomic E-state index is 0.544. The fourth-order valence-corrected chi connectivity index (χ4v) is 3.08. The highest BCUT2D eigenvalue weighted by Crippen LogP contribution is 2.39. The average Bonchev–Trinajstić information content (AvgIpc) is 3.45. The zero-order valence-electron chi connectivity index (χ0n) is 15.6. The van der Waals surface area contributed by atoms with E-state index in [0.717, 1.165) is 45.2 Å². The summed E-state index contributed by atoms with van der Waals surface area (Å²) in [6.45, 7) is 4.40. The Morgan fingerprint density at radius 1 is 1.31 bits per heavy atom. The average molecular weight is 467 g/mol. The number of rotatable bonds is 9. The van der Waals surface area contributed by atoms with Crippen LogP contribution in [0, 0.1) is 10.5 Å². The van der Waals surface area contributed by atoms with Crippen molar-refractivity contribution < 1.29 is 4.74 Å². The van der Waals surface area contributed by atoms with Crippen LogP contribution in [0.3, 0.4) is 0 Å². The first-order chi connectivity index (χ1) is 12.5. The lowest BCUT2D eigenvalue weighted by Gasteiger charge is -2.15. The summed E-state index contributed by atoms with van der Waals surface area (Å²) >= 11 is 2.31. The lowest BCUT2D eigenvalue weighted by Crippen LogP contribution is -2.16. The van der Waals surface area contributed by atoms with Crippen LogP contribution in [0.4, 0.5) is 5.82 Å². The molecule has 140 valence electrons. The van der Waals surface area contributed by atoms with Crippen LogP contribution in [-0.2, 0) is 6.54 Å². The van der Waals surface area contributed by atoms with Gasteiger partial charge in [0.25, 0.3) is 0 Å². The van der Waals surface area contributed by atoms with Crippen LogP contribution in [0.5, 0.6) is 5.75 Å². The van der Waals surface area contributed by atoms with E-state index in [9.17, 15) is 0 Å². The molecule has 0 aliphatic heterocycles. The summed E-state index contributed by atoms with van der Waals surface area (Å²) in [5.74, 6) is 3.26. The topological polar surface area (TPSA) is 63.2 Å². The van der Waals surface area contributed by atoms with Crippen LogP contribution in [0.15, 0.2) is 18.5 Å². The number of halogens is 1. The third kappa shape index (κ3) is 5.26. The SMILES string of the molecule is Cc1nc(C2CC2)nc(NCc2ccncc2OCCCN(C)C)c1I. The number of ether oxygens (including phenoxy) is 1. The van der Waals surface area contributed by atoms with Crippen LogP contribution >= 0.6 is 22.6 Å². The minimum absolute atomic E-state index is 0.544. The quantitative estimate of drug-likeness (QED) is 0.449. The Kier molecular flexibility index (Phi) is 6.63. The summed E-state index contributed by atoms with van der Waals surface area (Å²) in [4.78, 5) is 15.7. The van der Waals surface area contributed by atoms with Gasteiger partial charge in [-0.2, -0.15) is 0 Å². The van der Waals surface area contributed by atoms with Gasteiger partial charge in [0.1, 0.15) is 17.4 Å². The largest absolute Gasteiger partial charge is 0.492 e. The van der Waals surface area contributed by atoms with Gasteiger partial charge in [-0.05, 0) is 68.9 Å². The first-order valence-corrected chi connectivity index (χ1v) is 10.1. The molecule has 0 amide bonds. The van der Waals surface area contributed by atoms with Gasteiger partial charge in [0.15, 0.2) is 0 Å². The van der Waals surface area contributed by atoms with Gasteiger partial charge in [-0.25, -0.2) is 9.97 Å². The third-order valence-corrected chi connectivity index (χ3v) is 5.59. The number of aryl methyl sites for hydroxylation is 1. The third-order valence-electron chi connectivity index (χ3n) is 4.30. The molecule has 26 heavy (non-hydrogen) atoms. The standard InChI is InChI=1S/C19H26IN5O/c1-13-17(20)19(24-18(23-13)14-5-6-14)22-11-15-7-8-21-12-16(15)26-10-4-9-25(2)3/h7-8,12,14H,4-6,9-11H2,1-3H3,(H,22,23,24). The van der Waals surface area contributed by atoms with Gasteiger partial charge < -0.3 is 15.0 Å². The number of anilines is 1. The van der Waals surface area contributed by atoms with Crippen molar-refractivity contribution in [3.63, 3.8) is 0 Å². The van der Waals surface area contributed by atoms with Crippen molar-refractivity contribution in [1.82, 2.24) is 19.9 Å². The van der Waals surface area contributed by atoms with E-state index in [1.165, 1.54) is 12.8 Å². The summed E-state index contributed by atoms with van der Waals surface area (Å²) in [5.41, 5.74) is 2.13. The minimum Gasteiger partial charge on any atom is -0.492 e. The monoisotopic (exact) mass is 467 g/mol. The number of nitrogens with zero attached hydrogens (tertiary/aromatic N) is 4. The number of aromatic nitrogens is 3. The predicted octanol–water partition coefficient (Wildman–Crippen LogP) is 3.60. The molecule has 1 fully saturated rings. The number of hydrogen-bond acceptors (Lipinski definition) is 6. The molecule has 2 aromatic heterocycles. The van der Waals surface area contributed by atoms with E-state index in [2.05, 4.69) is 56.9 Å². The molecular formula is C19H26IN5O. The molecule has 0 spiro atoms. The Morgan fingerprint density at radius 3 is 2.85 bits per heavy atom. The van der Waals surface area contributed by atoms with Gasteiger partial charge in [-0.1, -0.05) is 0 Å². The van der Waals surface area contributed by atoms with Gasteiger partial charge in [-0.3, -0.25) is 4.98 Å². The van der Waals surface area contributed by atoms with Gasteiger partial charge >= 0.3 is 0 Å². The molecule has 2 heterocycles.